The zero-order valence-electron chi connectivity index (χ0n) is 17.3. The molecule has 1 saturated heterocycles. The van der Waals surface area contributed by atoms with Gasteiger partial charge in [0.2, 0.25) is 0 Å². The molecule has 1 fully saturated rings. The summed E-state index contributed by atoms with van der Waals surface area (Å²) in [6.07, 6.45) is 2.91. The van der Waals surface area contributed by atoms with Crippen LogP contribution in [0.1, 0.15) is 60.2 Å². The van der Waals surface area contributed by atoms with Crippen molar-refractivity contribution in [3.8, 4) is 0 Å². The number of morpholine rings is 1. The molecule has 0 N–H and O–H groups in total. The van der Waals surface area contributed by atoms with Crippen molar-refractivity contribution in [3.63, 3.8) is 0 Å². The Morgan fingerprint density at radius 1 is 0.828 bits per heavy atom. The molecule has 0 spiro atoms. The minimum atomic E-state index is -0.303. The summed E-state index contributed by atoms with van der Waals surface area (Å²) in [6.45, 7) is 7.42. The average Bonchev–Trinajstić information content (AvgIpc) is 2.76. The number of hydrogen-bond acceptors (Lipinski definition) is 4. The largest absolute Gasteiger partial charge is 0.378 e. The fourth-order valence-corrected chi connectivity index (χ4v) is 3.06. The van der Waals surface area contributed by atoms with E-state index in [4.69, 9.17) is 4.74 Å². The highest BCUT2D eigenvalue weighted by molar-refractivity contribution is 5.96. The number of halogens is 1. The van der Waals surface area contributed by atoms with Gasteiger partial charge in [0.05, 0.1) is 13.2 Å². The minimum absolute atomic E-state index is 0.0810. The number of carbonyl (C=O) groups is 2. The van der Waals surface area contributed by atoms with E-state index in [9.17, 15) is 14.0 Å². The lowest BCUT2D eigenvalue weighted by atomic mass is 10.1. The van der Waals surface area contributed by atoms with Gasteiger partial charge in [0.25, 0.3) is 0 Å². The standard InChI is InChI=1S/C14H19NO2.C10H11FO/c1-2-3-14(16)12-4-6-13(7-5-12)15-8-10-17-11-9-15;1-2-3-10(12)8-4-6-9(11)7-5-8/h4-7H,2-3,8-11H2,1H3;4-7H,2-3H2,1H3. The molecule has 0 saturated carbocycles. The Morgan fingerprint density at radius 3 is 1.72 bits per heavy atom. The molecule has 1 aliphatic rings. The van der Waals surface area contributed by atoms with Crippen LogP contribution in [-0.4, -0.2) is 37.9 Å². The van der Waals surface area contributed by atoms with E-state index in [1.165, 1.54) is 30.0 Å². The van der Waals surface area contributed by atoms with E-state index in [1.807, 2.05) is 38.1 Å². The van der Waals surface area contributed by atoms with Crippen molar-refractivity contribution in [1.82, 2.24) is 0 Å². The number of nitrogens with zero attached hydrogens (tertiary/aromatic N) is 1. The van der Waals surface area contributed by atoms with Gasteiger partial charge < -0.3 is 9.64 Å². The number of benzene rings is 2. The van der Waals surface area contributed by atoms with Crippen LogP contribution in [0.3, 0.4) is 0 Å². The van der Waals surface area contributed by atoms with Crippen molar-refractivity contribution < 1.29 is 18.7 Å². The summed E-state index contributed by atoms with van der Waals surface area (Å²) in [7, 11) is 0. The van der Waals surface area contributed by atoms with Crippen molar-refractivity contribution in [2.75, 3.05) is 31.2 Å². The molecule has 0 aromatic heterocycles. The number of Topliss-reactive ketones (excluding diaryl/α,β-unsaturated/α-hetero) is 2. The first-order valence-corrected chi connectivity index (χ1v) is 10.3. The van der Waals surface area contributed by atoms with Crippen LogP contribution < -0.4 is 4.90 Å². The predicted molar refractivity (Wildman–Crippen MR) is 114 cm³/mol. The lowest BCUT2D eigenvalue weighted by Crippen LogP contribution is -2.36. The third kappa shape index (κ3) is 7.42. The van der Waals surface area contributed by atoms with Crippen molar-refractivity contribution in [1.29, 1.82) is 0 Å². The molecule has 4 nitrogen and oxygen atoms in total. The van der Waals surface area contributed by atoms with Gasteiger partial charge in [0, 0.05) is 42.7 Å². The number of ketones is 2. The van der Waals surface area contributed by atoms with E-state index in [-0.39, 0.29) is 17.4 Å². The summed E-state index contributed by atoms with van der Waals surface area (Å²) >= 11 is 0. The number of carbonyl (C=O) groups excluding carboxylic acids is 2. The fourth-order valence-electron chi connectivity index (χ4n) is 3.06. The summed E-state index contributed by atoms with van der Waals surface area (Å²) in [6, 6.07) is 13.6. The Hall–Kier alpha value is -2.53. The summed E-state index contributed by atoms with van der Waals surface area (Å²) < 4.78 is 17.7. The summed E-state index contributed by atoms with van der Waals surface area (Å²) in [5.41, 5.74) is 2.60. The van der Waals surface area contributed by atoms with Gasteiger partial charge in [-0.2, -0.15) is 0 Å². The third-order valence-electron chi connectivity index (χ3n) is 4.69. The maximum absolute atomic E-state index is 12.4. The summed E-state index contributed by atoms with van der Waals surface area (Å²) in [4.78, 5) is 25.2. The quantitative estimate of drug-likeness (QED) is 0.592. The van der Waals surface area contributed by atoms with E-state index >= 15 is 0 Å². The molecule has 2 aromatic carbocycles. The van der Waals surface area contributed by atoms with E-state index in [0.29, 0.717) is 18.4 Å². The Labute approximate surface area is 172 Å². The van der Waals surface area contributed by atoms with Gasteiger partial charge in [0.15, 0.2) is 11.6 Å². The first-order chi connectivity index (χ1) is 14.0. The van der Waals surface area contributed by atoms with Crippen molar-refractivity contribution >= 4 is 17.3 Å². The van der Waals surface area contributed by atoms with Gasteiger partial charge in [-0.3, -0.25) is 9.59 Å². The molecule has 2 aromatic rings. The van der Waals surface area contributed by atoms with E-state index in [2.05, 4.69) is 4.90 Å². The number of anilines is 1. The van der Waals surface area contributed by atoms with Crippen LogP contribution in [0.25, 0.3) is 0 Å². The van der Waals surface area contributed by atoms with Crippen LogP contribution in [0, 0.1) is 5.82 Å². The summed E-state index contributed by atoms with van der Waals surface area (Å²) in [5.74, 6) is 0.0153. The van der Waals surface area contributed by atoms with Gasteiger partial charge in [0.1, 0.15) is 5.82 Å². The lowest BCUT2D eigenvalue weighted by molar-refractivity contribution is 0.0973. The van der Waals surface area contributed by atoms with E-state index in [1.54, 1.807) is 0 Å². The SMILES string of the molecule is CCCC(=O)c1ccc(F)cc1.CCCC(=O)c1ccc(N2CCOCC2)cc1. The fraction of sp³-hybridized carbons (Fsp3) is 0.417. The molecular formula is C24H30FNO3. The number of ether oxygens (including phenoxy) is 1. The van der Waals surface area contributed by atoms with E-state index < -0.39 is 0 Å². The zero-order chi connectivity index (χ0) is 21.1. The molecular weight excluding hydrogens is 369 g/mol. The lowest BCUT2D eigenvalue weighted by Gasteiger charge is -2.28. The van der Waals surface area contributed by atoms with Crippen LogP contribution in [0.4, 0.5) is 10.1 Å². The highest BCUT2D eigenvalue weighted by Crippen LogP contribution is 2.17. The molecule has 0 atom stereocenters. The highest BCUT2D eigenvalue weighted by Gasteiger charge is 2.11. The Kier molecular flexibility index (Phi) is 9.51. The molecule has 5 heteroatoms. The molecule has 0 unspecified atom stereocenters. The van der Waals surface area contributed by atoms with Crippen molar-refractivity contribution in [2.24, 2.45) is 0 Å². The van der Waals surface area contributed by atoms with Crippen LogP contribution in [0.15, 0.2) is 48.5 Å². The smallest absolute Gasteiger partial charge is 0.162 e. The second-order valence-electron chi connectivity index (χ2n) is 7.00. The predicted octanol–water partition coefficient (Wildman–Crippen LogP) is 5.31. The van der Waals surface area contributed by atoms with Crippen molar-refractivity contribution in [3.05, 3.63) is 65.5 Å². The minimum Gasteiger partial charge on any atom is -0.378 e. The average molecular weight is 400 g/mol. The molecule has 1 aliphatic heterocycles. The maximum Gasteiger partial charge on any atom is 0.162 e. The number of hydrogen-bond donors (Lipinski definition) is 0. The van der Waals surface area contributed by atoms with Gasteiger partial charge in [-0.25, -0.2) is 4.39 Å². The number of rotatable bonds is 7. The normalized spacial score (nSPS) is 13.4. The molecule has 0 bridgehead atoms. The molecule has 0 radical (unpaired) electrons. The monoisotopic (exact) mass is 399 g/mol. The first-order valence-electron chi connectivity index (χ1n) is 10.3. The second kappa shape index (κ2) is 12.1. The van der Waals surface area contributed by atoms with E-state index in [0.717, 1.165) is 44.7 Å². The Morgan fingerprint density at radius 2 is 1.28 bits per heavy atom. The molecule has 0 aliphatic carbocycles. The molecule has 156 valence electrons. The molecule has 1 heterocycles. The second-order valence-corrected chi connectivity index (χ2v) is 7.00. The van der Waals surface area contributed by atoms with Crippen LogP contribution in [-0.2, 0) is 4.74 Å². The first kappa shape index (κ1) is 22.8. The van der Waals surface area contributed by atoms with Gasteiger partial charge in [-0.05, 0) is 61.4 Å². The van der Waals surface area contributed by atoms with Crippen LogP contribution in [0.5, 0.6) is 0 Å². The molecule has 0 amide bonds. The van der Waals surface area contributed by atoms with Gasteiger partial charge in [-0.1, -0.05) is 13.8 Å². The van der Waals surface area contributed by atoms with Crippen LogP contribution >= 0.6 is 0 Å². The maximum atomic E-state index is 12.4. The van der Waals surface area contributed by atoms with Crippen LogP contribution in [0.2, 0.25) is 0 Å². The topological polar surface area (TPSA) is 46.6 Å². The third-order valence-corrected chi connectivity index (χ3v) is 4.69. The Balaban J connectivity index is 0.000000221. The highest BCUT2D eigenvalue weighted by atomic mass is 19.1. The van der Waals surface area contributed by atoms with Gasteiger partial charge >= 0.3 is 0 Å². The van der Waals surface area contributed by atoms with Crippen molar-refractivity contribution in [2.45, 2.75) is 39.5 Å². The molecule has 3 rings (SSSR count). The zero-order valence-corrected chi connectivity index (χ0v) is 17.3. The summed E-state index contributed by atoms with van der Waals surface area (Å²) in [5, 5.41) is 0. The Bertz CT molecular complexity index is 766. The van der Waals surface area contributed by atoms with Gasteiger partial charge in [-0.15, -0.1) is 0 Å². The molecule has 29 heavy (non-hydrogen) atoms.